The first-order chi connectivity index (χ1) is 10.2. The predicted octanol–water partition coefficient (Wildman–Crippen LogP) is 3.31. The first-order valence-corrected chi connectivity index (χ1v) is 8.88. The Morgan fingerprint density at radius 3 is 2.38 bits per heavy atom. The summed E-state index contributed by atoms with van der Waals surface area (Å²) in [6, 6.07) is 0.0440. The monoisotopic (exact) mass is 298 g/mol. The van der Waals surface area contributed by atoms with E-state index in [0.717, 1.165) is 64.7 Å². The lowest BCUT2D eigenvalue weighted by Crippen LogP contribution is -2.38. The van der Waals surface area contributed by atoms with Gasteiger partial charge in [0.25, 0.3) is 0 Å². The lowest BCUT2D eigenvalue weighted by Gasteiger charge is -2.23. The molecular formula is C17H34N2O2. The van der Waals surface area contributed by atoms with Crippen molar-refractivity contribution in [1.82, 2.24) is 10.2 Å². The number of carbonyl (C=O) groups excluding carboxylic acids is 1. The van der Waals surface area contributed by atoms with E-state index in [9.17, 15) is 4.79 Å². The zero-order valence-electron chi connectivity index (χ0n) is 14.2. The molecule has 21 heavy (non-hydrogen) atoms. The Balaban J connectivity index is 2.35. The molecule has 1 amide bonds. The van der Waals surface area contributed by atoms with Crippen LogP contribution in [0, 0.1) is 0 Å². The fourth-order valence-electron chi connectivity index (χ4n) is 2.83. The Bertz CT molecular complexity index is 284. The molecule has 0 spiro atoms. The SMILES string of the molecule is CCCCOCCCN1C(=O)C(CCCC)NC1CCC. The number of nitrogens with zero attached hydrogens (tertiary/aromatic N) is 1. The number of hydrogen-bond acceptors (Lipinski definition) is 3. The van der Waals surface area contributed by atoms with Crippen LogP contribution < -0.4 is 5.32 Å². The molecule has 4 heteroatoms. The first kappa shape index (κ1) is 18.4. The van der Waals surface area contributed by atoms with Gasteiger partial charge in [-0.05, 0) is 25.7 Å². The Hall–Kier alpha value is -0.610. The topological polar surface area (TPSA) is 41.6 Å². The number of rotatable bonds is 12. The summed E-state index contributed by atoms with van der Waals surface area (Å²) in [6.45, 7) is 8.96. The van der Waals surface area contributed by atoms with Gasteiger partial charge in [0.1, 0.15) is 0 Å². The maximum absolute atomic E-state index is 12.5. The summed E-state index contributed by atoms with van der Waals surface area (Å²) in [5, 5.41) is 3.52. The maximum Gasteiger partial charge on any atom is 0.241 e. The van der Waals surface area contributed by atoms with Crippen LogP contribution in [-0.2, 0) is 9.53 Å². The molecule has 1 aliphatic rings. The van der Waals surface area contributed by atoms with Crippen molar-refractivity contribution < 1.29 is 9.53 Å². The quantitative estimate of drug-likeness (QED) is 0.562. The second-order valence-corrected chi connectivity index (χ2v) is 6.02. The normalized spacial score (nSPS) is 22.2. The van der Waals surface area contributed by atoms with Gasteiger partial charge in [-0.1, -0.05) is 46.5 Å². The Morgan fingerprint density at radius 2 is 1.71 bits per heavy atom. The average molecular weight is 298 g/mol. The summed E-state index contributed by atoms with van der Waals surface area (Å²) in [6.07, 6.45) is 8.87. The van der Waals surface area contributed by atoms with Gasteiger partial charge in [0.2, 0.25) is 5.91 Å². The fourth-order valence-corrected chi connectivity index (χ4v) is 2.83. The van der Waals surface area contributed by atoms with Crippen LogP contribution in [0.5, 0.6) is 0 Å². The van der Waals surface area contributed by atoms with Crippen molar-refractivity contribution in [2.24, 2.45) is 0 Å². The summed E-state index contributed by atoms with van der Waals surface area (Å²) in [4.78, 5) is 14.5. The zero-order valence-corrected chi connectivity index (χ0v) is 14.2. The van der Waals surface area contributed by atoms with Crippen molar-refractivity contribution in [2.45, 2.75) is 84.3 Å². The molecule has 0 bridgehead atoms. The minimum Gasteiger partial charge on any atom is -0.381 e. The molecule has 0 radical (unpaired) electrons. The number of nitrogens with one attached hydrogen (secondary N) is 1. The van der Waals surface area contributed by atoms with Gasteiger partial charge in [-0.15, -0.1) is 0 Å². The van der Waals surface area contributed by atoms with Gasteiger partial charge >= 0.3 is 0 Å². The first-order valence-electron chi connectivity index (χ1n) is 8.88. The van der Waals surface area contributed by atoms with Crippen LogP contribution in [0.15, 0.2) is 0 Å². The van der Waals surface area contributed by atoms with E-state index in [1.807, 2.05) is 4.90 Å². The van der Waals surface area contributed by atoms with Crippen LogP contribution in [0.25, 0.3) is 0 Å². The standard InChI is InChI=1S/C17H34N2O2/c1-4-7-11-15-17(20)19(16(18-15)10-6-3)12-9-14-21-13-8-5-2/h15-16,18H,4-14H2,1-3H3. The van der Waals surface area contributed by atoms with Gasteiger partial charge in [-0.25, -0.2) is 0 Å². The summed E-state index contributed by atoms with van der Waals surface area (Å²) in [5.74, 6) is 0.301. The van der Waals surface area contributed by atoms with Crippen molar-refractivity contribution in [1.29, 1.82) is 0 Å². The molecule has 0 aromatic rings. The molecule has 1 saturated heterocycles. The van der Waals surface area contributed by atoms with Crippen LogP contribution >= 0.6 is 0 Å². The third kappa shape index (κ3) is 6.35. The molecule has 2 unspecified atom stereocenters. The van der Waals surface area contributed by atoms with E-state index in [1.54, 1.807) is 0 Å². The summed E-state index contributed by atoms with van der Waals surface area (Å²) in [7, 11) is 0. The number of hydrogen-bond donors (Lipinski definition) is 1. The van der Waals surface area contributed by atoms with Gasteiger partial charge < -0.3 is 9.64 Å². The highest BCUT2D eigenvalue weighted by atomic mass is 16.5. The Kier molecular flexibility index (Phi) is 9.68. The summed E-state index contributed by atoms with van der Waals surface area (Å²) >= 11 is 0. The van der Waals surface area contributed by atoms with Gasteiger partial charge in [0.05, 0.1) is 12.2 Å². The van der Waals surface area contributed by atoms with E-state index in [1.165, 1.54) is 6.42 Å². The van der Waals surface area contributed by atoms with Crippen molar-refractivity contribution in [3.63, 3.8) is 0 Å². The summed E-state index contributed by atoms with van der Waals surface area (Å²) in [5.41, 5.74) is 0. The lowest BCUT2D eigenvalue weighted by molar-refractivity contribution is -0.130. The molecule has 1 N–H and O–H groups in total. The fraction of sp³-hybridized carbons (Fsp3) is 0.941. The lowest BCUT2D eigenvalue weighted by atomic mass is 10.1. The van der Waals surface area contributed by atoms with Gasteiger partial charge in [-0.3, -0.25) is 10.1 Å². The van der Waals surface area contributed by atoms with E-state index in [0.29, 0.717) is 5.91 Å². The molecule has 1 rings (SSSR count). The highest BCUT2D eigenvalue weighted by Gasteiger charge is 2.37. The van der Waals surface area contributed by atoms with Crippen molar-refractivity contribution in [3.8, 4) is 0 Å². The number of unbranched alkanes of at least 4 members (excludes halogenated alkanes) is 2. The highest BCUT2D eigenvalue weighted by Crippen LogP contribution is 2.19. The average Bonchev–Trinajstić information content (AvgIpc) is 2.77. The van der Waals surface area contributed by atoms with Crippen molar-refractivity contribution in [2.75, 3.05) is 19.8 Å². The van der Waals surface area contributed by atoms with E-state index < -0.39 is 0 Å². The van der Waals surface area contributed by atoms with Crippen molar-refractivity contribution in [3.05, 3.63) is 0 Å². The third-order valence-corrected chi connectivity index (χ3v) is 4.09. The highest BCUT2D eigenvalue weighted by molar-refractivity contribution is 5.84. The molecule has 1 heterocycles. The Labute approximate surface area is 130 Å². The van der Waals surface area contributed by atoms with Crippen LogP contribution in [0.4, 0.5) is 0 Å². The van der Waals surface area contributed by atoms with E-state index in [2.05, 4.69) is 26.1 Å². The third-order valence-electron chi connectivity index (χ3n) is 4.09. The van der Waals surface area contributed by atoms with Crippen LogP contribution in [0.2, 0.25) is 0 Å². The second kappa shape index (κ2) is 11.0. The van der Waals surface area contributed by atoms with Crippen LogP contribution in [-0.4, -0.2) is 42.8 Å². The largest absolute Gasteiger partial charge is 0.381 e. The molecule has 4 nitrogen and oxygen atoms in total. The molecular weight excluding hydrogens is 264 g/mol. The number of carbonyl (C=O) groups is 1. The van der Waals surface area contributed by atoms with Gasteiger partial charge in [0, 0.05) is 19.8 Å². The van der Waals surface area contributed by atoms with Crippen LogP contribution in [0.1, 0.15) is 72.1 Å². The Morgan fingerprint density at radius 1 is 1.00 bits per heavy atom. The van der Waals surface area contributed by atoms with Crippen molar-refractivity contribution >= 4 is 5.91 Å². The molecule has 0 saturated carbocycles. The zero-order chi connectivity index (χ0) is 15.5. The van der Waals surface area contributed by atoms with E-state index in [-0.39, 0.29) is 12.2 Å². The minimum atomic E-state index is 0.0440. The molecule has 0 aromatic heterocycles. The smallest absolute Gasteiger partial charge is 0.241 e. The molecule has 1 aliphatic heterocycles. The number of amides is 1. The molecule has 1 fully saturated rings. The molecule has 0 aliphatic carbocycles. The van der Waals surface area contributed by atoms with E-state index >= 15 is 0 Å². The molecule has 2 atom stereocenters. The van der Waals surface area contributed by atoms with Gasteiger partial charge in [0.15, 0.2) is 0 Å². The predicted molar refractivity (Wildman–Crippen MR) is 87.2 cm³/mol. The minimum absolute atomic E-state index is 0.0440. The summed E-state index contributed by atoms with van der Waals surface area (Å²) < 4.78 is 5.60. The second-order valence-electron chi connectivity index (χ2n) is 6.02. The van der Waals surface area contributed by atoms with Gasteiger partial charge in [-0.2, -0.15) is 0 Å². The maximum atomic E-state index is 12.5. The molecule has 0 aromatic carbocycles. The number of ether oxygens (including phenoxy) is 1. The van der Waals surface area contributed by atoms with E-state index in [4.69, 9.17) is 4.74 Å². The molecule has 124 valence electrons. The van der Waals surface area contributed by atoms with Crippen LogP contribution in [0.3, 0.4) is 0 Å².